The summed E-state index contributed by atoms with van der Waals surface area (Å²) in [6.07, 6.45) is 13.5. The molecule has 6 heterocycles. The summed E-state index contributed by atoms with van der Waals surface area (Å²) in [6.45, 7) is 9.07. The van der Waals surface area contributed by atoms with Gasteiger partial charge in [-0.05, 0) is 109 Å². The summed E-state index contributed by atoms with van der Waals surface area (Å²) < 4.78 is 11.2. The zero-order chi connectivity index (χ0) is 32.5. The van der Waals surface area contributed by atoms with E-state index in [0.717, 1.165) is 0 Å². The summed E-state index contributed by atoms with van der Waals surface area (Å²) in [7, 11) is 0. The Labute approximate surface area is 332 Å². The predicted octanol–water partition coefficient (Wildman–Crippen LogP) is 16.6. The van der Waals surface area contributed by atoms with Crippen LogP contribution in [0, 0.1) is 0 Å². The molecule has 2 aromatic heterocycles. The summed E-state index contributed by atoms with van der Waals surface area (Å²) in [5.74, 6) is 0. The normalized spacial score (nSPS) is 18.9. The fourth-order valence-electron chi connectivity index (χ4n) is 4.29. The Kier molecular flexibility index (Phi) is 13.7. The molecule has 0 aromatic carbocycles. The summed E-state index contributed by atoms with van der Waals surface area (Å²) in [5.41, 5.74) is 2.78. The first kappa shape index (κ1) is 37.3. The van der Waals surface area contributed by atoms with E-state index >= 15 is 0 Å². The van der Waals surface area contributed by atoms with Gasteiger partial charge in [-0.2, -0.15) is 0 Å². The van der Waals surface area contributed by atoms with Gasteiger partial charge >= 0.3 is 0 Å². The lowest BCUT2D eigenvalue weighted by Gasteiger charge is -2.16. The van der Waals surface area contributed by atoms with E-state index in [1.807, 2.05) is 164 Å². The van der Waals surface area contributed by atoms with Crippen LogP contribution < -0.4 is 0 Å². The molecular formula is C32H30S14. The zero-order valence-electron chi connectivity index (χ0n) is 26.2. The molecule has 0 unspecified atom stereocenters. The average molecular weight is 864 g/mol. The molecule has 2 aromatic rings. The molecule has 0 aliphatic carbocycles. The third-order valence-corrected chi connectivity index (χ3v) is 24.3. The molecule has 0 atom stereocenters. The Hall–Kier alpha value is 1.52. The lowest BCUT2D eigenvalue weighted by atomic mass is 10.1. The molecule has 0 N–H and O–H groups in total. The van der Waals surface area contributed by atoms with Crippen molar-refractivity contribution in [1.29, 1.82) is 0 Å². The minimum absolute atomic E-state index is 1.32. The van der Waals surface area contributed by atoms with Crippen molar-refractivity contribution in [3.63, 3.8) is 0 Å². The quantitative estimate of drug-likeness (QED) is 0.236. The van der Waals surface area contributed by atoms with Crippen molar-refractivity contribution in [3.8, 4) is 0 Å². The molecule has 0 saturated heterocycles. The van der Waals surface area contributed by atoms with Gasteiger partial charge in [0.25, 0.3) is 0 Å². The van der Waals surface area contributed by atoms with Crippen molar-refractivity contribution in [2.75, 3.05) is 25.0 Å². The fraction of sp³-hybridized carbons (Fsp3) is 0.250. The van der Waals surface area contributed by atoms with Crippen LogP contribution in [0.4, 0.5) is 0 Å². The number of rotatable bonds is 9. The van der Waals surface area contributed by atoms with Crippen LogP contribution in [-0.2, 0) is 0 Å². The van der Waals surface area contributed by atoms with Gasteiger partial charge in [-0.1, -0.05) is 94.1 Å². The molecule has 0 amide bonds. The smallest absolute Gasteiger partial charge is 0.0657 e. The highest BCUT2D eigenvalue weighted by atomic mass is 32.3. The van der Waals surface area contributed by atoms with Gasteiger partial charge in [-0.25, -0.2) is 0 Å². The van der Waals surface area contributed by atoms with Crippen molar-refractivity contribution in [2.45, 2.75) is 27.7 Å². The number of hydrogen-bond acceptors (Lipinski definition) is 14. The highest BCUT2D eigenvalue weighted by Crippen LogP contribution is 2.62. The Morgan fingerprint density at radius 2 is 0.761 bits per heavy atom. The molecule has 0 radical (unpaired) electrons. The van der Waals surface area contributed by atoms with Crippen LogP contribution >= 0.6 is 164 Å². The molecule has 46 heavy (non-hydrogen) atoms. The van der Waals surface area contributed by atoms with Gasteiger partial charge in [-0.3, -0.25) is 0 Å². The maximum absolute atomic E-state index is 2.39. The molecule has 6 rings (SSSR count). The van der Waals surface area contributed by atoms with Crippen LogP contribution in [0.1, 0.15) is 47.2 Å². The Morgan fingerprint density at radius 3 is 1.04 bits per heavy atom. The number of thioether (sulfide) groups is 12. The van der Waals surface area contributed by atoms with Crippen molar-refractivity contribution < 1.29 is 0 Å². The Morgan fingerprint density at radius 1 is 0.457 bits per heavy atom. The van der Waals surface area contributed by atoms with Gasteiger partial charge in [0.15, 0.2) is 0 Å². The molecular weight excluding hydrogens is 833 g/mol. The molecule has 0 spiro atoms. The highest BCUT2D eigenvalue weighted by Gasteiger charge is 2.30. The first-order valence-electron chi connectivity index (χ1n) is 13.8. The van der Waals surface area contributed by atoms with Crippen LogP contribution in [0.3, 0.4) is 0 Å². The van der Waals surface area contributed by atoms with Crippen molar-refractivity contribution in [2.24, 2.45) is 0 Å². The fourth-order valence-corrected chi connectivity index (χ4v) is 22.0. The van der Waals surface area contributed by atoms with E-state index in [2.05, 4.69) is 89.1 Å². The second-order valence-electron chi connectivity index (χ2n) is 9.66. The largest absolute Gasteiger partial charge is 0.136 e. The third-order valence-electron chi connectivity index (χ3n) is 6.75. The first-order chi connectivity index (χ1) is 22.2. The summed E-state index contributed by atoms with van der Waals surface area (Å²) in [6, 6.07) is 9.39. The van der Waals surface area contributed by atoms with Crippen LogP contribution in [0.5, 0.6) is 0 Å². The number of thiophene rings is 2. The predicted molar refractivity (Wildman–Crippen MR) is 244 cm³/mol. The highest BCUT2D eigenvalue weighted by molar-refractivity contribution is 8.41. The lowest BCUT2D eigenvalue weighted by molar-refractivity contribution is 1.57. The van der Waals surface area contributed by atoms with Gasteiger partial charge in [0.1, 0.15) is 0 Å². The molecule has 14 heteroatoms. The second kappa shape index (κ2) is 16.9. The molecule has 0 saturated carbocycles. The molecule has 0 fully saturated rings. The minimum atomic E-state index is 1.32. The topological polar surface area (TPSA) is 0 Å². The van der Waals surface area contributed by atoms with E-state index in [0.29, 0.717) is 0 Å². The van der Waals surface area contributed by atoms with E-state index in [9.17, 15) is 0 Å². The van der Waals surface area contributed by atoms with E-state index < -0.39 is 0 Å². The SMILES string of the molecule is CSC1=C(SC)SC(=Cc2ccc(C(=C3SC(C)=C(C)S3)C(=C3SC(C)=C(C)S3)c3ccc(C=C4SC(SC)=C(SC)S4)s3)s2)S1. The molecule has 0 bridgehead atoms. The summed E-state index contributed by atoms with van der Waals surface area (Å²) in [5, 5.41) is 0. The van der Waals surface area contributed by atoms with E-state index in [4.69, 9.17) is 0 Å². The van der Waals surface area contributed by atoms with Crippen LogP contribution in [-0.4, -0.2) is 25.0 Å². The lowest BCUT2D eigenvalue weighted by Crippen LogP contribution is -1.91. The number of allylic oxidation sites excluding steroid dienone is 6. The number of hydrogen-bond donors (Lipinski definition) is 0. The van der Waals surface area contributed by atoms with Gasteiger partial charge in [0.05, 0.1) is 33.9 Å². The Bertz CT molecular complexity index is 1620. The van der Waals surface area contributed by atoms with Crippen molar-refractivity contribution in [1.82, 2.24) is 0 Å². The van der Waals surface area contributed by atoms with Crippen molar-refractivity contribution >= 4 is 187 Å². The summed E-state index contributed by atoms with van der Waals surface area (Å²) in [4.78, 5) is 11.0. The first-order valence-corrected chi connectivity index (χ1v) is 26.8. The standard InChI is InChI=1S/C32H30S14/c1-15-16(2)38-27(37-15)25(21-11-9-19(41-21)13-23-43-29(33-5)30(34-6)44-23)26(28-39-17(3)18(4)40-28)22-12-10-20(42-22)14-24-45-31(35-7)32(36-8)46-24/h9-14H,1-8H3. The van der Waals surface area contributed by atoms with Gasteiger partial charge < -0.3 is 0 Å². The Balaban J connectivity index is 1.41. The van der Waals surface area contributed by atoms with Gasteiger partial charge in [0.2, 0.25) is 0 Å². The summed E-state index contributed by atoms with van der Waals surface area (Å²) >= 11 is 26.7. The third kappa shape index (κ3) is 8.42. The van der Waals surface area contributed by atoms with Crippen molar-refractivity contribution in [3.05, 3.63) is 97.3 Å². The van der Waals surface area contributed by atoms with Crippen LogP contribution in [0.15, 0.2) is 77.8 Å². The van der Waals surface area contributed by atoms with Gasteiger partial charge in [0, 0.05) is 30.7 Å². The van der Waals surface area contributed by atoms with E-state index in [1.54, 1.807) is 0 Å². The molecule has 0 nitrogen and oxygen atoms in total. The maximum Gasteiger partial charge on any atom is 0.0657 e. The van der Waals surface area contributed by atoms with Crippen LogP contribution in [0.25, 0.3) is 23.3 Å². The maximum atomic E-state index is 2.39. The second-order valence-corrected chi connectivity index (χ2v) is 26.3. The molecule has 4 aliphatic rings. The molecule has 4 aliphatic heterocycles. The van der Waals surface area contributed by atoms with E-state index in [-0.39, 0.29) is 0 Å². The molecule has 242 valence electrons. The minimum Gasteiger partial charge on any atom is -0.136 e. The van der Waals surface area contributed by atoms with Crippen LogP contribution in [0.2, 0.25) is 0 Å². The van der Waals surface area contributed by atoms with Gasteiger partial charge in [-0.15, -0.1) is 69.7 Å². The monoisotopic (exact) mass is 862 g/mol. The zero-order valence-corrected chi connectivity index (χ0v) is 37.6. The average Bonchev–Trinajstić information content (AvgIpc) is 3.89. The van der Waals surface area contributed by atoms with E-state index in [1.165, 1.54) is 84.2 Å².